The summed E-state index contributed by atoms with van der Waals surface area (Å²) in [7, 11) is 6.20. The number of likely N-dealkylation sites (N-methyl/N-ethyl adjacent to an activating group) is 1. The predicted octanol–water partition coefficient (Wildman–Crippen LogP) is 3.76. The number of anilines is 2. The van der Waals surface area contributed by atoms with E-state index in [9.17, 15) is 22.8 Å². The van der Waals surface area contributed by atoms with Crippen molar-refractivity contribution in [2.24, 2.45) is 5.92 Å². The van der Waals surface area contributed by atoms with Crippen molar-refractivity contribution in [3.05, 3.63) is 58.5 Å². The first kappa shape index (κ1) is 27.5. The Balaban J connectivity index is 1.65. The number of rotatable bonds is 5. The van der Waals surface area contributed by atoms with E-state index in [2.05, 4.69) is 27.1 Å². The maximum atomic E-state index is 13.8. The van der Waals surface area contributed by atoms with Gasteiger partial charge in [-0.1, -0.05) is 12.8 Å². The van der Waals surface area contributed by atoms with Gasteiger partial charge in [0.25, 0.3) is 11.8 Å². The first-order valence-electron chi connectivity index (χ1n) is 11.9. The molecular weight excluding hydrogens is 515 g/mol. The lowest BCUT2D eigenvalue weighted by atomic mass is 9.89. The van der Waals surface area contributed by atoms with Gasteiger partial charge in [0, 0.05) is 45.4 Å². The molecule has 1 aromatic carbocycles. The van der Waals surface area contributed by atoms with Gasteiger partial charge in [0.15, 0.2) is 0 Å². The molecule has 2 heterocycles. The Morgan fingerprint density at radius 2 is 2.03 bits per heavy atom. The first-order chi connectivity index (χ1) is 18.4. The number of alkyl halides is 3. The summed E-state index contributed by atoms with van der Waals surface area (Å²) < 4.78 is 52.5. The molecule has 0 fully saturated rings. The number of ether oxygens (including phenoxy) is 2. The van der Waals surface area contributed by atoms with Crippen LogP contribution in [-0.2, 0) is 15.8 Å². The number of carbonyl (C=O) groups excluding carboxylic acids is 2. The molecule has 1 aliphatic heterocycles. The first-order valence-corrected chi connectivity index (χ1v) is 11.9. The van der Waals surface area contributed by atoms with Gasteiger partial charge in [-0.15, -0.1) is 0 Å². The summed E-state index contributed by atoms with van der Waals surface area (Å²) in [4.78, 5) is 35.1. The quantitative estimate of drug-likeness (QED) is 0.576. The zero-order valence-electron chi connectivity index (χ0n) is 21.9. The molecule has 0 spiro atoms. The molecule has 0 saturated carbocycles. The van der Waals surface area contributed by atoms with Crippen LogP contribution in [0.3, 0.4) is 0 Å². The molecule has 12 heteroatoms. The number of hydrogen-bond donors (Lipinski definition) is 1. The summed E-state index contributed by atoms with van der Waals surface area (Å²) in [6.07, 6.45) is -2.06. The summed E-state index contributed by atoms with van der Waals surface area (Å²) in [5, 5.41) is 2.83. The van der Waals surface area contributed by atoms with Crippen LogP contribution in [0.5, 0.6) is 11.6 Å². The number of allylic oxidation sites excluding steroid dienone is 1. The smallest absolute Gasteiger partial charge is 0.423 e. The Morgan fingerprint density at radius 3 is 2.69 bits per heavy atom. The monoisotopic (exact) mass is 541 g/mol. The Kier molecular flexibility index (Phi) is 7.53. The van der Waals surface area contributed by atoms with Crippen LogP contribution in [0.15, 0.2) is 47.4 Å². The van der Waals surface area contributed by atoms with E-state index in [4.69, 9.17) is 9.47 Å². The highest BCUT2D eigenvalue weighted by molar-refractivity contribution is 6.01. The molecule has 2 aliphatic rings. The normalized spacial score (nSPS) is 16.7. The van der Waals surface area contributed by atoms with Gasteiger partial charge >= 0.3 is 6.18 Å². The van der Waals surface area contributed by atoms with Crippen LogP contribution in [0.25, 0.3) is 0 Å². The number of hydrogen-bond acceptors (Lipinski definition) is 7. The van der Waals surface area contributed by atoms with E-state index in [1.807, 2.05) is 6.92 Å². The third-order valence-corrected chi connectivity index (χ3v) is 6.22. The van der Waals surface area contributed by atoms with Crippen LogP contribution in [-0.4, -0.2) is 66.4 Å². The van der Waals surface area contributed by atoms with Gasteiger partial charge in [-0.05, 0) is 42.2 Å². The molecule has 1 atom stereocenters. The zero-order valence-corrected chi connectivity index (χ0v) is 21.9. The predicted molar refractivity (Wildman–Crippen MR) is 136 cm³/mol. The van der Waals surface area contributed by atoms with Gasteiger partial charge in [-0.3, -0.25) is 9.59 Å². The number of carbonyl (C=O) groups is 2. The lowest BCUT2D eigenvalue weighted by molar-refractivity contribution is -0.139. The van der Waals surface area contributed by atoms with E-state index < -0.39 is 17.6 Å². The fourth-order valence-corrected chi connectivity index (χ4v) is 4.05. The second kappa shape index (κ2) is 10.7. The highest BCUT2D eigenvalue weighted by Gasteiger charge is 2.40. The van der Waals surface area contributed by atoms with Crippen molar-refractivity contribution in [2.75, 3.05) is 40.1 Å². The van der Waals surface area contributed by atoms with E-state index in [0.717, 1.165) is 5.57 Å². The molecule has 204 valence electrons. The van der Waals surface area contributed by atoms with Crippen LogP contribution in [0, 0.1) is 17.8 Å². The minimum Gasteiger partial charge on any atom is -0.495 e. The van der Waals surface area contributed by atoms with E-state index in [-0.39, 0.29) is 35.0 Å². The van der Waals surface area contributed by atoms with E-state index >= 15 is 0 Å². The fraction of sp³-hybridized carbons (Fsp3) is 0.333. The molecule has 2 amide bonds. The number of methoxy groups -OCH3 is 1. The number of nitrogens with one attached hydrogen (secondary N) is 1. The Labute approximate surface area is 223 Å². The Bertz CT molecular complexity index is 1450. The summed E-state index contributed by atoms with van der Waals surface area (Å²) in [6.45, 7) is 2.34. The van der Waals surface area contributed by atoms with Gasteiger partial charge < -0.3 is 24.6 Å². The number of benzene rings is 1. The average molecular weight is 542 g/mol. The average Bonchev–Trinajstić information content (AvgIpc) is 3.19. The molecule has 9 nitrogen and oxygen atoms in total. The van der Waals surface area contributed by atoms with Crippen molar-refractivity contribution >= 4 is 23.5 Å². The van der Waals surface area contributed by atoms with Crippen LogP contribution in [0.4, 0.5) is 24.8 Å². The molecule has 39 heavy (non-hydrogen) atoms. The standard InChI is InChI=1S/C27H26F3N5O4/c1-15-6-10-20(23-17(15)14-35(4)25(23)37)39-24-18(27(28,29)30)13-31-26(33-24)32-19-9-7-16(12-21(19)38-5)8-11-22(36)34(2)3/h7,9-10,12-13,15H,6,14H2,1-5H3,(H,31,32,33). The number of amides is 2. The summed E-state index contributed by atoms with van der Waals surface area (Å²) in [6, 6.07) is 4.73. The van der Waals surface area contributed by atoms with Crippen molar-refractivity contribution in [1.82, 2.24) is 19.8 Å². The third kappa shape index (κ3) is 5.82. The highest BCUT2D eigenvalue weighted by Crippen LogP contribution is 2.40. The summed E-state index contributed by atoms with van der Waals surface area (Å²) in [5.41, 5.74) is 0.733. The second-order valence-electron chi connectivity index (χ2n) is 9.27. The van der Waals surface area contributed by atoms with Crippen LogP contribution in [0.1, 0.15) is 24.5 Å². The van der Waals surface area contributed by atoms with E-state index in [1.165, 1.54) is 16.9 Å². The van der Waals surface area contributed by atoms with Crippen molar-refractivity contribution in [2.45, 2.75) is 19.5 Å². The van der Waals surface area contributed by atoms with E-state index in [1.54, 1.807) is 45.4 Å². The van der Waals surface area contributed by atoms with Crippen LogP contribution in [0.2, 0.25) is 0 Å². The highest BCUT2D eigenvalue weighted by atomic mass is 19.4. The Hall–Kier alpha value is -4.53. The molecular formula is C27H26F3N5O4. The molecule has 2 aromatic rings. The van der Waals surface area contributed by atoms with Gasteiger partial charge in [0.2, 0.25) is 11.8 Å². The molecule has 0 bridgehead atoms. The largest absolute Gasteiger partial charge is 0.495 e. The van der Waals surface area contributed by atoms with E-state index in [0.29, 0.717) is 36.2 Å². The van der Waals surface area contributed by atoms with Crippen molar-refractivity contribution in [3.8, 4) is 23.5 Å². The summed E-state index contributed by atoms with van der Waals surface area (Å²) in [5.74, 6) is 4.00. The molecule has 0 radical (unpaired) electrons. The lowest BCUT2D eigenvalue weighted by Gasteiger charge is -2.21. The SMILES string of the molecule is COc1cc(C#CC(=O)N(C)C)ccc1Nc1ncc(C(F)(F)F)c(OC2=CCC(C)C3=C2C(=O)N(C)C3)n1. The van der Waals surface area contributed by atoms with Crippen molar-refractivity contribution in [1.29, 1.82) is 0 Å². The van der Waals surface area contributed by atoms with Crippen molar-refractivity contribution in [3.63, 3.8) is 0 Å². The number of aromatic nitrogens is 2. The van der Waals surface area contributed by atoms with Crippen LogP contribution < -0.4 is 14.8 Å². The number of halogens is 3. The van der Waals surface area contributed by atoms with Gasteiger partial charge in [-0.25, -0.2) is 4.98 Å². The minimum atomic E-state index is -4.80. The molecule has 4 rings (SSSR count). The third-order valence-electron chi connectivity index (χ3n) is 6.22. The number of nitrogens with zero attached hydrogens (tertiary/aromatic N) is 4. The summed E-state index contributed by atoms with van der Waals surface area (Å²) >= 11 is 0. The second-order valence-corrected chi connectivity index (χ2v) is 9.27. The van der Waals surface area contributed by atoms with Gasteiger partial charge in [-0.2, -0.15) is 18.2 Å². The lowest BCUT2D eigenvalue weighted by Crippen LogP contribution is -2.23. The zero-order chi connectivity index (χ0) is 28.5. The maximum absolute atomic E-state index is 13.8. The van der Waals surface area contributed by atoms with Gasteiger partial charge in [0.05, 0.1) is 18.4 Å². The maximum Gasteiger partial charge on any atom is 0.423 e. The van der Waals surface area contributed by atoms with Gasteiger partial charge in [0.1, 0.15) is 17.1 Å². The Morgan fingerprint density at radius 1 is 1.28 bits per heavy atom. The molecule has 0 saturated heterocycles. The van der Waals surface area contributed by atoms with Crippen LogP contribution >= 0.6 is 0 Å². The van der Waals surface area contributed by atoms with Crippen molar-refractivity contribution < 1.29 is 32.2 Å². The molecule has 1 N–H and O–H groups in total. The molecule has 1 aromatic heterocycles. The fourth-order valence-electron chi connectivity index (χ4n) is 4.05. The molecule has 1 aliphatic carbocycles. The topological polar surface area (TPSA) is 96.9 Å². The minimum absolute atomic E-state index is 0.0420. The molecule has 1 unspecified atom stereocenters.